The molecule has 0 aliphatic carbocycles. The Labute approximate surface area is 197 Å². The molecule has 1 atom stereocenters. The summed E-state index contributed by atoms with van der Waals surface area (Å²) in [4.78, 5) is 13.3. The molecule has 10 nitrogen and oxygen atoms in total. The summed E-state index contributed by atoms with van der Waals surface area (Å²) in [7, 11) is 0. The molecule has 170 valence electrons. The van der Waals surface area contributed by atoms with Crippen molar-refractivity contribution >= 4 is 34.3 Å². The second-order valence-electron chi connectivity index (χ2n) is 7.66. The molecule has 0 radical (unpaired) electrons. The molecule has 34 heavy (non-hydrogen) atoms. The summed E-state index contributed by atoms with van der Waals surface area (Å²) in [5.74, 6) is 1.94. The first kappa shape index (κ1) is 20.5. The van der Waals surface area contributed by atoms with Crippen LogP contribution < -0.4 is 0 Å². The number of amides is 1. The zero-order valence-corrected chi connectivity index (χ0v) is 18.6. The SMILES string of the molecule is O=C(CSc1nnnn1Cc1ccco1)N1N=C(c2cc3ccccc3o2)CC1c1ccco1. The molecule has 4 aromatic heterocycles. The maximum absolute atomic E-state index is 13.3. The number of carbonyl (C=O) groups is 1. The van der Waals surface area contributed by atoms with E-state index in [9.17, 15) is 4.79 Å². The molecule has 5 heterocycles. The van der Waals surface area contributed by atoms with E-state index in [1.807, 2.05) is 42.5 Å². The molecule has 1 unspecified atom stereocenters. The number of carbonyl (C=O) groups excluding carboxylic acids is 1. The zero-order valence-electron chi connectivity index (χ0n) is 17.8. The molecule has 1 aliphatic rings. The van der Waals surface area contributed by atoms with Gasteiger partial charge in [-0.15, -0.1) is 5.10 Å². The highest BCUT2D eigenvalue weighted by Crippen LogP contribution is 2.35. The predicted molar refractivity (Wildman–Crippen MR) is 122 cm³/mol. The maximum Gasteiger partial charge on any atom is 0.253 e. The summed E-state index contributed by atoms with van der Waals surface area (Å²) in [5, 5.41) is 19.4. The van der Waals surface area contributed by atoms with E-state index in [0.29, 0.717) is 35.4 Å². The topological polar surface area (TPSA) is 116 Å². The lowest BCUT2D eigenvalue weighted by atomic mass is 10.1. The van der Waals surface area contributed by atoms with Crippen molar-refractivity contribution in [3.63, 3.8) is 0 Å². The third-order valence-electron chi connectivity index (χ3n) is 5.46. The number of thioether (sulfide) groups is 1. The molecular formula is C23H18N6O4S. The zero-order chi connectivity index (χ0) is 22.9. The highest BCUT2D eigenvalue weighted by Gasteiger charge is 2.36. The molecule has 0 N–H and O–H groups in total. The minimum absolute atomic E-state index is 0.104. The lowest BCUT2D eigenvalue weighted by molar-refractivity contribution is -0.130. The number of tetrazole rings is 1. The normalized spacial score (nSPS) is 15.8. The van der Waals surface area contributed by atoms with Crippen LogP contribution in [0.1, 0.15) is 29.7 Å². The van der Waals surface area contributed by atoms with Crippen molar-refractivity contribution < 1.29 is 18.0 Å². The number of rotatable bonds is 7. The summed E-state index contributed by atoms with van der Waals surface area (Å²) in [6.45, 7) is 0.379. The molecule has 0 bridgehead atoms. The van der Waals surface area contributed by atoms with Crippen molar-refractivity contribution in [2.45, 2.75) is 24.2 Å². The summed E-state index contributed by atoms with van der Waals surface area (Å²) in [6, 6.07) is 16.6. The Morgan fingerprint density at radius 2 is 1.97 bits per heavy atom. The number of aromatic nitrogens is 4. The summed E-state index contributed by atoms with van der Waals surface area (Å²) < 4.78 is 18.6. The lowest BCUT2D eigenvalue weighted by Crippen LogP contribution is -2.28. The summed E-state index contributed by atoms with van der Waals surface area (Å²) in [6.07, 6.45) is 3.67. The van der Waals surface area contributed by atoms with Crippen LogP contribution in [-0.4, -0.2) is 42.6 Å². The van der Waals surface area contributed by atoms with Crippen LogP contribution in [0, 0.1) is 0 Å². The fourth-order valence-electron chi connectivity index (χ4n) is 3.86. The molecule has 1 aliphatic heterocycles. The highest BCUT2D eigenvalue weighted by atomic mass is 32.2. The average molecular weight is 475 g/mol. The number of nitrogens with zero attached hydrogens (tertiary/aromatic N) is 6. The van der Waals surface area contributed by atoms with E-state index in [2.05, 4.69) is 20.6 Å². The number of furan rings is 3. The first-order chi connectivity index (χ1) is 16.7. The van der Waals surface area contributed by atoms with Gasteiger partial charge in [0.1, 0.15) is 35.4 Å². The van der Waals surface area contributed by atoms with Crippen molar-refractivity contribution in [3.8, 4) is 0 Å². The smallest absolute Gasteiger partial charge is 0.253 e. The fourth-order valence-corrected chi connectivity index (χ4v) is 4.59. The minimum atomic E-state index is -0.356. The third kappa shape index (κ3) is 3.90. The van der Waals surface area contributed by atoms with Crippen LogP contribution in [0.4, 0.5) is 0 Å². The summed E-state index contributed by atoms with van der Waals surface area (Å²) in [5.41, 5.74) is 1.47. The van der Waals surface area contributed by atoms with Crippen LogP contribution in [0.5, 0.6) is 0 Å². The largest absolute Gasteiger partial charge is 0.467 e. The van der Waals surface area contributed by atoms with Crippen LogP contribution in [-0.2, 0) is 11.3 Å². The van der Waals surface area contributed by atoms with E-state index in [0.717, 1.165) is 16.7 Å². The maximum atomic E-state index is 13.3. The number of hydrogen-bond donors (Lipinski definition) is 0. The van der Waals surface area contributed by atoms with E-state index in [4.69, 9.17) is 13.3 Å². The Balaban J connectivity index is 1.22. The van der Waals surface area contributed by atoms with Gasteiger partial charge in [0.05, 0.1) is 18.3 Å². The van der Waals surface area contributed by atoms with Gasteiger partial charge in [0.25, 0.3) is 5.91 Å². The van der Waals surface area contributed by atoms with Gasteiger partial charge >= 0.3 is 0 Å². The van der Waals surface area contributed by atoms with E-state index in [-0.39, 0.29) is 17.7 Å². The van der Waals surface area contributed by atoms with Crippen LogP contribution in [0.15, 0.2) is 90.6 Å². The number of hydrogen-bond acceptors (Lipinski definition) is 9. The molecule has 0 spiro atoms. The number of fused-ring (bicyclic) bond motifs is 1. The van der Waals surface area contributed by atoms with Crippen molar-refractivity contribution in [2.75, 3.05) is 5.75 Å². The molecule has 1 amide bonds. The second-order valence-corrected chi connectivity index (χ2v) is 8.60. The van der Waals surface area contributed by atoms with Crippen molar-refractivity contribution in [2.24, 2.45) is 5.10 Å². The lowest BCUT2D eigenvalue weighted by Gasteiger charge is -2.19. The van der Waals surface area contributed by atoms with Gasteiger partial charge in [0.15, 0.2) is 5.76 Å². The second kappa shape index (κ2) is 8.67. The highest BCUT2D eigenvalue weighted by molar-refractivity contribution is 7.99. The predicted octanol–water partition coefficient (Wildman–Crippen LogP) is 4.12. The quantitative estimate of drug-likeness (QED) is 0.324. The van der Waals surface area contributed by atoms with Gasteiger partial charge in [-0.05, 0) is 46.8 Å². The first-order valence-electron chi connectivity index (χ1n) is 10.6. The Bertz CT molecular complexity index is 1420. The van der Waals surface area contributed by atoms with Gasteiger partial charge in [0.2, 0.25) is 5.16 Å². The van der Waals surface area contributed by atoms with Gasteiger partial charge in [-0.2, -0.15) is 5.10 Å². The molecule has 0 saturated carbocycles. The monoisotopic (exact) mass is 474 g/mol. The van der Waals surface area contributed by atoms with Crippen LogP contribution in [0.2, 0.25) is 0 Å². The number of para-hydroxylation sites is 1. The molecule has 0 saturated heterocycles. The molecule has 1 aromatic carbocycles. The average Bonchev–Trinajstić information content (AvgIpc) is 3.66. The van der Waals surface area contributed by atoms with Gasteiger partial charge in [-0.1, -0.05) is 30.0 Å². The molecule has 6 rings (SSSR count). The van der Waals surface area contributed by atoms with Crippen LogP contribution in [0.3, 0.4) is 0 Å². The standard InChI is InChI=1S/C23H18N6O4S/c30-22(14-34-23-24-26-27-28(23)13-16-6-3-9-31-16)29-18(20-8-4-10-32-20)12-17(25-29)21-11-15-5-1-2-7-19(15)33-21/h1-11,18H,12-14H2. The minimum Gasteiger partial charge on any atom is -0.467 e. The van der Waals surface area contributed by atoms with Crippen molar-refractivity contribution in [3.05, 3.63) is 84.4 Å². The van der Waals surface area contributed by atoms with Gasteiger partial charge < -0.3 is 13.3 Å². The molecule has 0 fully saturated rings. The number of hydrazone groups is 1. The van der Waals surface area contributed by atoms with Gasteiger partial charge in [0, 0.05) is 11.8 Å². The Kier molecular flexibility index (Phi) is 5.22. The molecular weight excluding hydrogens is 456 g/mol. The van der Waals surface area contributed by atoms with E-state index in [1.54, 1.807) is 29.3 Å². The van der Waals surface area contributed by atoms with E-state index in [1.165, 1.54) is 16.8 Å². The van der Waals surface area contributed by atoms with E-state index < -0.39 is 0 Å². The molecule has 11 heteroatoms. The van der Waals surface area contributed by atoms with Crippen LogP contribution >= 0.6 is 11.8 Å². The van der Waals surface area contributed by atoms with Gasteiger partial charge in [-0.3, -0.25) is 4.79 Å². The third-order valence-corrected chi connectivity index (χ3v) is 6.40. The number of benzene rings is 1. The van der Waals surface area contributed by atoms with Crippen LogP contribution in [0.25, 0.3) is 11.0 Å². The Morgan fingerprint density at radius 1 is 1.09 bits per heavy atom. The first-order valence-corrected chi connectivity index (χ1v) is 11.6. The van der Waals surface area contributed by atoms with Crippen molar-refractivity contribution in [1.29, 1.82) is 0 Å². The van der Waals surface area contributed by atoms with Crippen molar-refractivity contribution in [1.82, 2.24) is 25.2 Å². The Hall–Kier alpha value is -4.12. The molecule has 5 aromatic rings. The Morgan fingerprint density at radius 3 is 2.79 bits per heavy atom. The van der Waals surface area contributed by atoms with E-state index >= 15 is 0 Å². The van der Waals surface area contributed by atoms with Gasteiger partial charge in [-0.25, -0.2) is 9.69 Å². The fraction of sp³-hybridized carbons (Fsp3) is 0.174. The summed E-state index contributed by atoms with van der Waals surface area (Å²) >= 11 is 1.24.